The van der Waals surface area contributed by atoms with E-state index in [4.69, 9.17) is 11.0 Å². The van der Waals surface area contributed by atoms with Crippen LogP contribution in [0.15, 0.2) is 36.7 Å². The Morgan fingerprint density at radius 1 is 1.29 bits per heavy atom. The number of fused-ring (bicyclic) bond motifs is 2. The van der Waals surface area contributed by atoms with E-state index in [-0.39, 0.29) is 28.7 Å². The molecule has 0 aliphatic carbocycles. The molecule has 12 heteroatoms. The number of pyridine rings is 2. The van der Waals surface area contributed by atoms with E-state index < -0.39 is 17.6 Å². The van der Waals surface area contributed by atoms with Gasteiger partial charge >= 0.3 is 12.2 Å². The maximum atomic E-state index is 13.2. The Labute approximate surface area is 198 Å². The number of alkyl halides is 3. The van der Waals surface area contributed by atoms with Gasteiger partial charge in [0.25, 0.3) is 0 Å². The summed E-state index contributed by atoms with van der Waals surface area (Å²) in [5.74, 6) is -0.574. The Morgan fingerprint density at radius 2 is 2.06 bits per heavy atom. The van der Waals surface area contributed by atoms with Gasteiger partial charge in [0.2, 0.25) is 0 Å². The van der Waals surface area contributed by atoms with Gasteiger partial charge in [-0.1, -0.05) is 0 Å². The number of nitrogens with one attached hydrogen (secondary N) is 1. The molecule has 2 aliphatic rings. The molecule has 1 unspecified atom stereocenters. The zero-order chi connectivity index (χ0) is 25.0. The zero-order valence-corrected chi connectivity index (χ0v) is 18.7. The molecule has 1 atom stereocenters. The highest BCUT2D eigenvalue weighted by molar-refractivity contribution is 5.76. The van der Waals surface area contributed by atoms with Gasteiger partial charge < -0.3 is 16.0 Å². The Kier molecular flexibility index (Phi) is 5.16. The summed E-state index contributed by atoms with van der Waals surface area (Å²) < 4.78 is 41.5. The van der Waals surface area contributed by atoms with Gasteiger partial charge in [-0.2, -0.15) is 23.5 Å². The zero-order valence-electron chi connectivity index (χ0n) is 18.7. The average molecular weight is 482 g/mol. The lowest BCUT2D eigenvalue weighted by molar-refractivity contribution is -0.137. The monoisotopic (exact) mass is 482 g/mol. The van der Waals surface area contributed by atoms with Gasteiger partial charge in [-0.25, -0.2) is 14.8 Å². The molecule has 9 nitrogen and oxygen atoms in total. The number of nitriles is 1. The van der Waals surface area contributed by atoms with Crippen molar-refractivity contribution in [1.82, 2.24) is 30.0 Å². The summed E-state index contributed by atoms with van der Waals surface area (Å²) in [4.78, 5) is 22.1. The third kappa shape index (κ3) is 3.92. The molecule has 5 heterocycles. The number of aryl methyl sites for hydroxylation is 1. The number of carbonyl (C=O) groups is 1. The van der Waals surface area contributed by atoms with Crippen LogP contribution in [0.25, 0.3) is 11.3 Å². The van der Waals surface area contributed by atoms with Crippen molar-refractivity contribution in [3.05, 3.63) is 59.2 Å². The molecule has 180 valence electrons. The van der Waals surface area contributed by atoms with Gasteiger partial charge in [0.1, 0.15) is 17.6 Å². The minimum absolute atomic E-state index is 0.228. The van der Waals surface area contributed by atoms with E-state index in [9.17, 15) is 18.0 Å². The lowest BCUT2D eigenvalue weighted by Crippen LogP contribution is -2.62. The van der Waals surface area contributed by atoms with Crippen LogP contribution in [0.3, 0.4) is 0 Å². The van der Waals surface area contributed by atoms with Crippen molar-refractivity contribution in [2.45, 2.75) is 37.5 Å². The van der Waals surface area contributed by atoms with Crippen LogP contribution in [0.2, 0.25) is 0 Å². The largest absolute Gasteiger partial charge is 0.419 e. The van der Waals surface area contributed by atoms with Crippen molar-refractivity contribution in [1.29, 1.82) is 5.26 Å². The number of nitrogen functional groups attached to an aromatic ring is 1. The molecular formula is C23H21F3N8O. The van der Waals surface area contributed by atoms with E-state index in [1.165, 1.54) is 12.4 Å². The standard InChI is InChI=1S/C23H21F3N8O/c1-13(14-2-4-29-16(6-14)9-27)31-21(35)33-11-22(12-33)3-5-34-19(22)8-18(32-34)15-7-17(23(24,25)26)20(28)30-10-15/h2,4,6-8,10,13H,3,5,11-12H2,1H3,(H2,28,30)(H,31,35). The van der Waals surface area contributed by atoms with E-state index in [2.05, 4.69) is 20.4 Å². The molecule has 0 radical (unpaired) electrons. The number of hydrogen-bond acceptors (Lipinski definition) is 6. The number of amides is 2. The smallest absolute Gasteiger partial charge is 0.383 e. The van der Waals surface area contributed by atoms with Crippen molar-refractivity contribution in [3.63, 3.8) is 0 Å². The van der Waals surface area contributed by atoms with E-state index in [1.54, 1.807) is 27.8 Å². The quantitative estimate of drug-likeness (QED) is 0.590. The molecule has 1 saturated heterocycles. The summed E-state index contributed by atoms with van der Waals surface area (Å²) in [7, 11) is 0. The first-order valence-electron chi connectivity index (χ1n) is 10.9. The SMILES string of the molecule is CC(NC(=O)N1CC2(CCn3nc(-c4cnc(N)c(C(F)(F)F)c4)cc32)C1)c1ccnc(C#N)c1. The Morgan fingerprint density at radius 3 is 2.77 bits per heavy atom. The molecule has 0 bridgehead atoms. The molecule has 2 aliphatic heterocycles. The van der Waals surface area contributed by atoms with Crippen LogP contribution in [0.5, 0.6) is 0 Å². The first-order chi connectivity index (χ1) is 16.6. The summed E-state index contributed by atoms with van der Waals surface area (Å²) >= 11 is 0. The summed E-state index contributed by atoms with van der Waals surface area (Å²) in [6, 6.07) is 7.57. The number of halogens is 3. The van der Waals surface area contributed by atoms with Gasteiger partial charge in [-0.3, -0.25) is 4.68 Å². The Hall–Kier alpha value is -4.14. The van der Waals surface area contributed by atoms with Crippen LogP contribution in [0.4, 0.5) is 23.8 Å². The predicted molar refractivity (Wildman–Crippen MR) is 119 cm³/mol. The lowest BCUT2D eigenvalue weighted by atomic mass is 9.76. The molecule has 3 aromatic rings. The maximum absolute atomic E-state index is 13.2. The van der Waals surface area contributed by atoms with Crippen LogP contribution in [0.1, 0.15) is 41.9 Å². The first-order valence-corrected chi connectivity index (χ1v) is 10.9. The fourth-order valence-electron chi connectivity index (χ4n) is 4.73. The minimum Gasteiger partial charge on any atom is -0.383 e. The number of nitrogens with zero attached hydrogens (tertiary/aromatic N) is 6. The van der Waals surface area contributed by atoms with Crippen LogP contribution >= 0.6 is 0 Å². The molecular weight excluding hydrogens is 461 g/mol. The average Bonchev–Trinajstić information content (AvgIpc) is 3.37. The van der Waals surface area contributed by atoms with Gasteiger partial charge in [0.05, 0.1) is 17.3 Å². The van der Waals surface area contributed by atoms with Crippen molar-refractivity contribution < 1.29 is 18.0 Å². The second-order valence-electron chi connectivity index (χ2n) is 8.94. The molecule has 1 spiro atoms. The molecule has 2 amide bonds. The number of aromatic nitrogens is 4. The Bertz CT molecular complexity index is 1350. The van der Waals surface area contributed by atoms with E-state index in [0.717, 1.165) is 23.7 Å². The normalized spacial score (nSPS) is 16.9. The molecule has 1 fully saturated rings. The fourth-order valence-corrected chi connectivity index (χ4v) is 4.73. The number of nitrogens with two attached hydrogens (primary N) is 1. The van der Waals surface area contributed by atoms with Crippen molar-refractivity contribution in [2.75, 3.05) is 18.8 Å². The second kappa shape index (κ2) is 7.97. The number of urea groups is 1. The number of carbonyl (C=O) groups excluding carboxylic acids is 1. The molecule has 0 saturated carbocycles. The number of likely N-dealkylation sites (tertiary alicyclic amines) is 1. The minimum atomic E-state index is -4.61. The molecule has 0 aromatic carbocycles. The molecule has 3 N–H and O–H groups in total. The topological polar surface area (TPSA) is 126 Å². The summed E-state index contributed by atoms with van der Waals surface area (Å²) in [5.41, 5.74) is 6.71. The Balaban J connectivity index is 1.29. The maximum Gasteiger partial charge on any atom is 0.419 e. The van der Waals surface area contributed by atoms with Gasteiger partial charge in [-0.05, 0) is 43.2 Å². The third-order valence-electron chi connectivity index (χ3n) is 6.66. The highest BCUT2D eigenvalue weighted by atomic mass is 19.4. The van der Waals surface area contributed by atoms with E-state index in [1.807, 2.05) is 13.0 Å². The molecule has 35 heavy (non-hydrogen) atoms. The fraction of sp³-hybridized carbons (Fsp3) is 0.348. The lowest BCUT2D eigenvalue weighted by Gasteiger charge is -2.47. The van der Waals surface area contributed by atoms with Gasteiger partial charge in [-0.15, -0.1) is 0 Å². The highest BCUT2D eigenvalue weighted by Gasteiger charge is 2.51. The van der Waals surface area contributed by atoms with Crippen LogP contribution in [-0.2, 0) is 18.1 Å². The van der Waals surface area contributed by atoms with Crippen LogP contribution in [0, 0.1) is 11.3 Å². The second-order valence-corrected chi connectivity index (χ2v) is 8.94. The van der Waals surface area contributed by atoms with Crippen molar-refractivity contribution in [3.8, 4) is 17.3 Å². The molecule has 3 aromatic heterocycles. The third-order valence-corrected chi connectivity index (χ3v) is 6.66. The summed E-state index contributed by atoms with van der Waals surface area (Å²) in [6.45, 7) is 3.40. The summed E-state index contributed by atoms with van der Waals surface area (Å²) in [5, 5.41) is 16.4. The van der Waals surface area contributed by atoms with E-state index in [0.29, 0.717) is 25.3 Å². The summed E-state index contributed by atoms with van der Waals surface area (Å²) in [6.07, 6.45) is -1.00. The van der Waals surface area contributed by atoms with Crippen LogP contribution in [-0.4, -0.2) is 43.8 Å². The first kappa shape index (κ1) is 22.6. The predicted octanol–water partition coefficient (Wildman–Crippen LogP) is 3.24. The molecule has 5 rings (SSSR count). The van der Waals surface area contributed by atoms with Gasteiger partial charge in [0.15, 0.2) is 0 Å². The number of anilines is 1. The van der Waals surface area contributed by atoms with Crippen molar-refractivity contribution >= 4 is 11.8 Å². The van der Waals surface area contributed by atoms with Gasteiger partial charge in [0, 0.05) is 48.7 Å². The van der Waals surface area contributed by atoms with Crippen LogP contribution < -0.4 is 11.1 Å². The highest BCUT2D eigenvalue weighted by Crippen LogP contribution is 2.44. The number of rotatable bonds is 3. The number of hydrogen-bond donors (Lipinski definition) is 2. The van der Waals surface area contributed by atoms with E-state index >= 15 is 0 Å². The van der Waals surface area contributed by atoms with Crippen molar-refractivity contribution in [2.24, 2.45) is 0 Å².